The van der Waals surface area contributed by atoms with Crippen LogP contribution in [0.4, 0.5) is 11.4 Å². The van der Waals surface area contributed by atoms with E-state index < -0.39 is 0 Å². The van der Waals surface area contributed by atoms with Crippen molar-refractivity contribution in [3.8, 4) is 22.3 Å². The zero-order chi connectivity index (χ0) is 35.6. The molecule has 0 spiro atoms. The van der Waals surface area contributed by atoms with Crippen LogP contribution in [0.5, 0.6) is 0 Å². The quantitative estimate of drug-likeness (QED) is 0.176. The van der Waals surface area contributed by atoms with E-state index >= 15 is 0 Å². The van der Waals surface area contributed by atoms with Crippen LogP contribution in [0.1, 0.15) is 67.5 Å². The van der Waals surface area contributed by atoms with Crippen molar-refractivity contribution < 1.29 is 0 Å². The van der Waals surface area contributed by atoms with Crippen molar-refractivity contribution >= 4 is 22.8 Å². The van der Waals surface area contributed by atoms with Gasteiger partial charge in [0.15, 0.2) is 0 Å². The Balaban J connectivity index is 0.984. The maximum Gasteiger partial charge on any atom is 0.0803 e. The predicted octanol–water partition coefficient (Wildman–Crippen LogP) is 12.7. The minimum atomic E-state index is 0.204. The van der Waals surface area contributed by atoms with E-state index in [2.05, 4.69) is 194 Å². The molecule has 0 atom stereocenters. The second-order valence-corrected chi connectivity index (χ2v) is 14.4. The Morgan fingerprint density at radius 3 is 0.870 bits per heavy atom. The summed E-state index contributed by atoms with van der Waals surface area (Å²) in [5, 5.41) is 0. The molecule has 1 heterocycles. The monoisotopic (exact) mass is 686 g/mol. The minimum Gasteiger partial charge on any atom is -0.247 e. The average Bonchev–Trinajstić information content (AvgIpc) is 3.75. The van der Waals surface area contributed by atoms with Crippen LogP contribution in [0.25, 0.3) is 22.3 Å². The van der Waals surface area contributed by atoms with Crippen LogP contribution in [-0.2, 0) is 0 Å². The molecule has 1 aliphatic heterocycles. The number of aliphatic imine (C=N–C) groups is 2. The van der Waals surface area contributed by atoms with E-state index in [0.29, 0.717) is 0 Å². The molecule has 54 heavy (non-hydrogen) atoms. The van der Waals surface area contributed by atoms with Gasteiger partial charge in [-0.25, -0.2) is 9.98 Å². The first kappa shape index (κ1) is 30.7. The van der Waals surface area contributed by atoms with Gasteiger partial charge in [-0.15, -0.1) is 0 Å². The Labute approximate surface area is 315 Å². The summed E-state index contributed by atoms with van der Waals surface area (Å²) in [6, 6.07) is 70.2. The van der Waals surface area contributed by atoms with Gasteiger partial charge in [-0.05, 0) is 67.8 Å². The maximum atomic E-state index is 5.45. The highest BCUT2D eigenvalue weighted by atomic mass is 14.8. The van der Waals surface area contributed by atoms with Gasteiger partial charge in [-0.1, -0.05) is 182 Å². The number of nitrogens with zero attached hydrogens (tertiary/aromatic N) is 2. The van der Waals surface area contributed by atoms with E-state index in [1.54, 1.807) is 0 Å². The molecule has 0 fully saturated rings. The van der Waals surface area contributed by atoms with Gasteiger partial charge in [0.05, 0.1) is 22.8 Å². The SMILES string of the molecule is c1ccc2c(c1)N=C(c1ccc(C3c4ccccc4-c4ccccc43)cc1)c1ccccc1N=C2c1ccc(C2c3ccccc3-c3ccccc32)cc1. The molecule has 11 rings (SSSR count). The summed E-state index contributed by atoms with van der Waals surface area (Å²) in [6.07, 6.45) is 0. The molecular weight excluding hydrogens is 653 g/mol. The van der Waals surface area contributed by atoms with E-state index in [4.69, 9.17) is 9.98 Å². The molecule has 3 aliphatic rings. The molecule has 8 aromatic rings. The Morgan fingerprint density at radius 2 is 0.537 bits per heavy atom. The van der Waals surface area contributed by atoms with Crippen LogP contribution < -0.4 is 0 Å². The lowest BCUT2D eigenvalue weighted by Crippen LogP contribution is -2.11. The van der Waals surface area contributed by atoms with E-state index in [1.165, 1.54) is 55.6 Å². The molecule has 2 aliphatic carbocycles. The molecule has 0 unspecified atom stereocenters. The predicted molar refractivity (Wildman–Crippen MR) is 222 cm³/mol. The third-order valence-electron chi connectivity index (χ3n) is 11.5. The highest BCUT2D eigenvalue weighted by molar-refractivity contribution is 6.22. The van der Waals surface area contributed by atoms with E-state index in [1.807, 2.05) is 0 Å². The first-order valence-electron chi connectivity index (χ1n) is 18.7. The van der Waals surface area contributed by atoms with Gasteiger partial charge >= 0.3 is 0 Å². The number of fused-ring (bicyclic) bond motifs is 8. The second kappa shape index (κ2) is 12.4. The van der Waals surface area contributed by atoms with Crippen LogP contribution in [0.2, 0.25) is 0 Å². The molecule has 0 saturated carbocycles. The molecular formula is C52H34N2. The third kappa shape index (κ3) is 4.81. The summed E-state index contributed by atoms with van der Waals surface area (Å²) in [5.41, 5.74) is 21.2. The summed E-state index contributed by atoms with van der Waals surface area (Å²) in [7, 11) is 0. The Bertz CT molecular complexity index is 2530. The van der Waals surface area contributed by atoms with Crippen molar-refractivity contribution in [2.45, 2.75) is 11.8 Å². The van der Waals surface area contributed by atoms with Crippen LogP contribution >= 0.6 is 0 Å². The van der Waals surface area contributed by atoms with Crippen LogP contribution in [0, 0.1) is 0 Å². The third-order valence-corrected chi connectivity index (χ3v) is 11.5. The van der Waals surface area contributed by atoms with Crippen molar-refractivity contribution in [1.29, 1.82) is 0 Å². The van der Waals surface area contributed by atoms with Gasteiger partial charge in [0.1, 0.15) is 0 Å². The van der Waals surface area contributed by atoms with Gasteiger partial charge in [-0.3, -0.25) is 0 Å². The zero-order valence-electron chi connectivity index (χ0n) is 29.5. The van der Waals surface area contributed by atoms with Crippen LogP contribution in [-0.4, -0.2) is 11.4 Å². The number of para-hydroxylation sites is 2. The first-order chi connectivity index (χ1) is 26.8. The topological polar surface area (TPSA) is 24.7 Å². The van der Waals surface area contributed by atoms with Gasteiger partial charge in [-0.2, -0.15) is 0 Å². The molecule has 8 aromatic carbocycles. The fourth-order valence-corrected chi connectivity index (χ4v) is 9.04. The smallest absolute Gasteiger partial charge is 0.0803 e. The number of hydrogen-bond acceptors (Lipinski definition) is 2. The normalized spacial score (nSPS) is 14.0. The van der Waals surface area contributed by atoms with Crippen molar-refractivity contribution in [2.24, 2.45) is 9.98 Å². The van der Waals surface area contributed by atoms with E-state index in [-0.39, 0.29) is 11.8 Å². The van der Waals surface area contributed by atoms with Crippen molar-refractivity contribution in [3.63, 3.8) is 0 Å². The summed E-state index contributed by atoms with van der Waals surface area (Å²) >= 11 is 0. The maximum absolute atomic E-state index is 5.45. The van der Waals surface area contributed by atoms with Crippen molar-refractivity contribution in [2.75, 3.05) is 0 Å². The van der Waals surface area contributed by atoms with Gasteiger partial charge in [0.2, 0.25) is 0 Å². The fourth-order valence-electron chi connectivity index (χ4n) is 9.04. The Kier molecular flexibility index (Phi) is 7.03. The lowest BCUT2D eigenvalue weighted by atomic mass is 9.87. The van der Waals surface area contributed by atoms with E-state index in [9.17, 15) is 0 Å². The number of benzene rings is 8. The molecule has 2 heteroatoms. The lowest BCUT2D eigenvalue weighted by molar-refractivity contribution is 1.01. The molecule has 0 aromatic heterocycles. The standard InChI is InChI=1S/C52H34N2/c1-5-17-41-37(13-1)38-14-2-6-18-42(38)49(41)33-25-29-35(30-26-33)51-45-21-9-11-23-47(45)54-52(46-22-10-12-24-48(46)53-51)36-31-27-34(28-32-36)50-43-19-7-3-15-39(43)40-16-4-8-20-44(40)50/h1-32,49-50H. The summed E-state index contributed by atoms with van der Waals surface area (Å²) in [4.78, 5) is 10.9. The highest BCUT2D eigenvalue weighted by Gasteiger charge is 2.31. The summed E-state index contributed by atoms with van der Waals surface area (Å²) in [6.45, 7) is 0. The van der Waals surface area contributed by atoms with Crippen LogP contribution in [0.3, 0.4) is 0 Å². The van der Waals surface area contributed by atoms with Gasteiger partial charge in [0, 0.05) is 34.1 Å². The summed E-state index contributed by atoms with van der Waals surface area (Å²) < 4.78 is 0. The molecule has 252 valence electrons. The molecule has 0 radical (unpaired) electrons. The summed E-state index contributed by atoms with van der Waals surface area (Å²) in [5.74, 6) is 0.408. The van der Waals surface area contributed by atoms with Gasteiger partial charge in [0.25, 0.3) is 0 Å². The second-order valence-electron chi connectivity index (χ2n) is 14.4. The molecule has 2 nitrogen and oxygen atoms in total. The minimum absolute atomic E-state index is 0.204. The lowest BCUT2D eigenvalue weighted by Gasteiger charge is -2.19. The highest BCUT2D eigenvalue weighted by Crippen LogP contribution is 2.49. The molecule has 0 bridgehead atoms. The van der Waals surface area contributed by atoms with Crippen molar-refractivity contribution in [1.82, 2.24) is 0 Å². The first-order valence-corrected chi connectivity index (χ1v) is 18.7. The molecule has 0 N–H and O–H groups in total. The Hall–Kier alpha value is -6.90. The molecule has 0 saturated heterocycles. The number of rotatable bonds is 4. The number of hydrogen-bond donors (Lipinski definition) is 0. The average molecular weight is 687 g/mol. The van der Waals surface area contributed by atoms with Crippen LogP contribution in [0.15, 0.2) is 204 Å². The van der Waals surface area contributed by atoms with E-state index in [0.717, 1.165) is 45.1 Å². The van der Waals surface area contributed by atoms with Crippen molar-refractivity contribution in [3.05, 3.63) is 250 Å². The largest absolute Gasteiger partial charge is 0.247 e. The fraction of sp³-hybridized carbons (Fsp3) is 0.0385. The zero-order valence-corrected chi connectivity index (χ0v) is 29.5. The molecule has 0 amide bonds. The van der Waals surface area contributed by atoms with Gasteiger partial charge < -0.3 is 0 Å². The Morgan fingerprint density at radius 1 is 0.259 bits per heavy atom.